The molecule has 1 aliphatic carbocycles. The van der Waals surface area contributed by atoms with E-state index in [9.17, 15) is 9.59 Å². The zero-order valence-electron chi connectivity index (χ0n) is 12.7. The average molecular weight is 282 g/mol. The molecular formula is C15H26N2O3. The lowest BCUT2D eigenvalue weighted by Crippen LogP contribution is -2.44. The first-order chi connectivity index (χ1) is 9.48. The van der Waals surface area contributed by atoms with Gasteiger partial charge in [0.2, 0.25) is 5.91 Å². The molecule has 1 unspecified atom stereocenters. The van der Waals surface area contributed by atoms with Crippen molar-refractivity contribution in [2.45, 2.75) is 45.6 Å². The highest BCUT2D eigenvalue weighted by Gasteiger charge is 2.57. The first kappa shape index (κ1) is 15.3. The number of amides is 1. The fraction of sp³-hybridized carbons (Fsp3) is 0.867. The zero-order valence-corrected chi connectivity index (χ0v) is 12.7. The van der Waals surface area contributed by atoms with Gasteiger partial charge in [-0.25, -0.2) is 4.79 Å². The first-order valence-corrected chi connectivity index (χ1v) is 7.57. The largest absolute Gasteiger partial charge is 0.467 e. The van der Waals surface area contributed by atoms with Crippen molar-refractivity contribution in [2.75, 3.05) is 20.2 Å². The summed E-state index contributed by atoms with van der Waals surface area (Å²) in [7, 11) is 1.37. The molecule has 5 heteroatoms. The van der Waals surface area contributed by atoms with Gasteiger partial charge in [-0.3, -0.25) is 4.79 Å². The van der Waals surface area contributed by atoms with Crippen LogP contribution in [0, 0.1) is 17.3 Å². The lowest BCUT2D eigenvalue weighted by atomic mass is 9.91. The van der Waals surface area contributed by atoms with Gasteiger partial charge in [0.25, 0.3) is 0 Å². The van der Waals surface area contributed by atoms with E-state index in [1.165, 1.54) is 7.11 Å². The highest BCUT2D eigenvalue weighted by molar-refractivity contribution is 5.88. The molecule has 1 heterocycles. The number of piperidine rings is 1. The van der Waals surface area contributed by atoms with Gasteiger partial charge in [0, 0.05) is 5.92 Å². The van der Waals surface area contributed by atoms with E-state index >= 15 is 0 Å². The van der Waals surface area contributed by atoms with Gasteiger partial charge in [-0.1, -0.05) is 13.8 Å². The van der Waals surface area contributed by atoms with Gasteiger partial charge in [0.15, 0.2) is 0 Å². The molecule has 2 fully saturated rings. The van der Waals surface area contributed by atoms with Crippen molar-refractivity contribution >= 4 is 11.9 Å². The molecule has 114 valence electrons. The molecule has 0 aromatic rings. The predicted molar refractivity (Wildman–Crippen MR) is 76.0 cm³/mol. The van der Waals surface area contributed by atoms with Crippen LogP contribution in [0.25, 0.3) is 0 Å². The third-order valence-corrected chi connectivity index (χ3v) is 4.61. The summed E-state index contributed by atoms with van der Waals surface area (Å²) in [6.45, 7) is 6.06. The fourth-order valence-corrected chi connectivity index (χ4v) is 3.30. The number of ether oxygens (including phenoxy) is 1. The summed E-state index contributed by atoms with van der Waals surface area (Å²) in [5.74, 6) is 0.116. The third-order valence-electron chi connectivity index (χ3n) is 4.61. The second-order valence-electron chi connectivity index (χ2n) is 6.58. The van der Waals surface area contributed by atoms with E-state index in [0.717, 1.165) is 32.4 Å². The van der Waals surface area contributed by atoms with Gasteiger partial charge in [0.1, 0.15) is 6.04 Å². The van der Waals surface area contributed by atoms with Crippen LogP contribution in [-0.4, -0.2) is 38.1 Å². The molecule has 0 aromatic heterocycles. The monoisotopic (exact) mass is 282 g/mol. The van der Waals surface area contributed by atoms with Crippen LogP contribution in [0.1, 0.15) is 39.5 Å². The Morgan fingerprint density at radius 2 is 2.00 bits per heavy atom. The molecular weight excluding hydrogens is 256 g/mol. The minimum Gasteiger partial charge on any atom is -0.467 e. The minimum absolute atomic E-state index is 0.0305. The average Bonchev–Trinajstić information content (AvgIpc) is 3.11. The summed E-state index contributed by atoms with van der Waals surface area (Å²) < 4.78 is 4.79. The molecule has 2 aliphatic rings. The minimum atomic E-state index is -0.508. The van der Waals surface area contributed by atoms with Crippen molar-refractivity contribution in [3.63, 3.8) is 0 Å². The van der Waals surface area contributed by atoms with Crippen LogP contribution in [0.5, 0.6) is 0 Å². The van der Waals surface area contributed by atoms with Crippen molar-refractivity contribution in [3.05, 3.63) is 0 Å². The Balaban J connectivity index is 1.90. The smallest absolute Gasteiger partial charge is 0.328 e. The number of methoxy groups -OCH3 is 1. The van der Waals surface area contributed by atoms with E-state index in [4.69, 9.17) is 4.74 Å². The van der Waals surface area contributed by atoms with E-state index in [1.807, 2.05) is 13.8 Å². The van der Waals surface area contributed by atoms with Gasteiger partial charge >= 0.3 is 5.97 Å². The van der Waals surface area contributed by atoms with Gasteiger partial charge in [0.05, 0.1) is 7.11 Å². The molecule has 1 saturated heterocycles. The molecule has 2 N–H and O–H groups in total. The number of hydrogen-bond donors (Lipinski definition) is 2. The maximum absolute atomic E-state index is 12.4. The SMILES string of the molecule is COC(=O)[C@H](CC(C)C)NC(=O)C1CC12CCNCC2. The van der Waals surface area contributed by atoms with E-state index in [-0.39, 0.29) is 23.2 Å². The van der Waals surface area contributed by atoms with Crippen LogP contribution in [0.15, 0.2) is 0 Å². The number of hydrogen-bond acceptors (Lipinski definition) is 4. The van der Waals surface area contributed by atoms with Crippen LogP contribution >= 0.6 is 0 Å². The molecule has 20 heavy (non-hydrogen) atoms. The number of carbonyl (C=O) groups is 2. The van der Waals surface area contributed by atoms with E-state index in [2.05, 4.69) is 10.6 Å². The van der Waals surface area contributed by atoms with Crippen molar-refractivity contribution < 1.29 is 14.3 Å². The lowest BCUT2D eigenvalue weighted by molar-refractivity contribution is -0.145. The number of rotatable bonds is 5. The van der Waals surface area contributed by atoms with Crippen molar-refractivity contribution in [2.24, 2.45) is 17.3 Å². The maximum Gasteiger partial charge on any atom is 0.328 e. The van der Waals surface area contributed by atoms with E-state index in [1.54, 1.807) is 0 Å². The van der Waals surface area contributed by atoms with Crippen molar-refractivity contribution in [3.8, 4) is 0 Å². The molecule has 2 atom stereocenters. The van der Waals surface area contributed by atoms with Crippen molar-refractivity contribution in [1.82, 2.24) is 10.6 Å². The Bertz CT molecular complexity index is 375. The number of esters is 1. The van der Waals surface area contributed by atoms with Crippen LogP contribution in [-0.2, 0) is 14.3 Å². The Morgan fingerprint density at radius 1 is 1.35 bits per heavy atom. The Kier molecular flexibility index (Phi) is 4.68. The Labute approximate surface area is 120 Å². The number of nitrogens with one attached hydrogen (secondary N) is 2. The number of carbonyl (C=O) groups excluding carboxylic acids is 2. The van der Waals surface area contributed by atoms with Gasteiger partial charge in [-0.05, 0) is 50.1 Å². The molecule has 1 amide bonds. The molecule has 1 saturated carbocycles. The fourth-order valence-electron chi connectivity index (χ4n) is 3.30. The van der Waals surface area contributed by atoms with E-state index < -0.39 is 6.04 Å². The van der Waals surface area contributed by atoms with Gasteiger partial charge < -0.3 is 15.4 Å². The van der Waals surface area contributed by atoms with Gasteiger partial charge in [-0.2, -0.15) is 0 Å². The second kappa shape index (κ2) is 6.12. The molecule has 0 radical (unpaired) electrons. The highest BCUT2D eigenvalue weighted by atomic mass is 16.5. The third kappa shape index (κ3) is 3.32. The second-order valence-corrected chi connectivity index (χ2v) is 6.58. The standard InChI is InChI=1S/C15H26N2O3/c1-10(2)8-12(14(19)20-3)17-13(18)11-9-15(11)4-6-16-7-5-15/h10-12,16H,4-9H2,1-3H3,(H,17,18)/t11?,12-/m0/s1. The lowest BCUT2D eigenvalue weighted by Gasteiger charge is -2.24. The van der Waals surface area contributed by atoms with Crippen LogP contribution in [0.3, 0.4) is 0 Å². The van der Waals surface area contributed by atoms with Crippen molar-refractivity contribution in [1.29, 1.82) is 0 Å². The summed E-state index contributed by atoms with van der Waals surface area (Å²) >= 11 is 0. The Morgan fingerprint density at radius 3 is 2.55 bits per heavy atom. The molecule has 0 aromatic carbocycles. The zero-order chi connectivity index (χ0) is 14.8. The molecule has 0 bridgehead atoms. The predicted octanol–water partition coefficient (Wildman–Crippen LogP) is 1.08. The van der Waals surface area contributed by atoms with Crippen LogP contribution in [0.2, 0.25) is 0 Å². The summed E-state index contributed by atoms with van der Waals surface area (Å²) in [4.78, 5) is 24.1. The molecule has 1 spiro atoms. The maximum atomic E-state index is 12.4. The summed E-state index contributed by atoms with van der Waals surface area (Å²) in [5.41, 5.74) is 0.202. The molecule has 2 rings (SSSR count). The topological polar surface area (TPSA) is 67.4 Å². The first-order valence-electron chi connectivity index (χ1n) is 7.57. The summed E-state index contributed by atoms with van der Waals surface area (Å²) in [6.07, 6.45) is 3.73. The van der Waals surface area contributed by atoms with Crippen LogP contribution in [0.4, 0.5) is 0 Å². The van der Waals surface area contributed by atoms with Crippen LogP contribution < -0.4 is 10.6 Å². The quantitative estimate of drug-likeness (QED) is 0.741. The summed E-state index contributed by atoms with van der Waals surface area (Å²) in [5, 5.41) is 6.23. The normalized spacial score (nSPS) is 25.3. The highest BCUT2D eigenvalue weighted by Crippen LogP contribution is 2.58. The summed E-state index contributed by atoms with van der Waals surface area (Å²) in [6, 6.07) is -0.508. The van der Waals surface area contributed by atoms with Gasteiger partial charge in [-0.15, -0.1) is 0 Å². The molecule has 5 nitrogen and oxygen atoms in total. The molecule has 1 aliphatic heterocycles. The van der Waals surface area contributed by atoms with E-state index in [0.29, 0.717) is 12.3 Å². The Hall–Kier alpha value is -1.10.